The Labute approximate surface area is 144 Å². The lowest BCUT2D eigenvalue weighted by Gasteiger charge is -2.41. The van der Waals surface area contributed by atoms with Gasteiger partial charge in [-0.1, -0.05) is 6.07 Å². The van der Waals surface area contributed by atoms with Crippen LogP contribution < -0.4 is 0 Å². The lowest BCUT2D eigenvalue weighted by molar-refractivity contribution is -0.139. The minimum absolute atomic E-state index is 0.277. The van der Waals surface area contributed by atoms with Crippen molar-refractivity contribution in [2.45, 2.75) is 44.4 Å². The van der Waals surface area contributed by atoms with Gasteiger partial charge in [0.2, 0.25) is 5.91 Å². The second-order valence-corrected chi connectivity index (χ2v) is 7.58. The summed E-state index contributed by atoms with van der Waals surface area (Å²) in [7, 11) is 1.81. The van der Waals surface area contributed by atoms with Crippen molar-refractivity contribution < 1.29 is 9.53 Å². The molecule has 2 saturated heterocycles. The molecule has 1 saturated carbocycles. The third-order valence-corrected chi connectivity index (χ3v) is 5.85. The molecule has 1 aromatic heterocycles. The first-order valence-electron chi connectivity index (χ1n) is 9.18. The lowest BCUT2D eigenvalue weighted by Crippen LogP contribution is -2.53. The second kappa shape index (κ2) is 6.81. The van der Waals surface area contributed by atoms with Gasteiger partial charge in [-0.2, -0.15) is 0 Å². The van der Waals surface area contributed by atoms with Gasteiger partial charge in [-0.3, -0.25) is 14.7 Å². The van der Waals surface area contributed by atoms with E-state index in [0.717, 1.165) is 39.0 Å². The summed E-state index contributed by atoms with van der Waals surface area (Å²) in [5.41, 5.74) is 1.24. The van der Waals surface area contributed by atoms with Gasteiger partial charge in [0.1, 0.15) is 0 Å². The van der Waals surface area contributed by atoms with Crippen LogP contribution in [0.2, 0.25) is 0 Å². The summed E-state index contributed by atoms with van der Waals surface area (Å²) in [5, 5.41) is 0. The summed E-state index contributed by atoms with van der Waals surface area (Å²) >= 11 is 0. The van der Waals surface area contributed by atoms with Crippen LogP contribution >= 0.6 is 0 Å². The molecule has 5 nitrogen and oxygen atoms in total. The van der Waals surface area contributed by atoms with Gasteiger partial charge in [0, 0.05) is 58.0 Å². The van der Waals surface area contributed by atoms with E-state index in [-0.39, 0.29) is 6.10 Å². The van der Waals surface area contributed by atoms with Crippen LogP contribution in [-0.2, 0) is 16.1 Å². The van der Waals surface area contributed by atoms with Crippen LogP contribution in [0.4, 0.5) is 0 Å². The third-order valence-electron chi connectivity index (χ3n) is 5.85. The highest BCUT2D eigenvalue weighted by Gasteiger charge is 2.46. The first-order chi connectivity index (χ1) is 11.7. The van der Waals surface area contributed by atoms with Crippen molar-refractivity contribution in [2.75, 3.05) is 26.7 Å². The maximum absolute atomic E-state index is 12.7. The van der Waals surface area contributed by atoms with E-state index in [1.165, 1.54) is 18.4 Å². The molecule has 5 heteroatoms. The average Bonchev–Trinajstić information content (AvgIpc) is 3.31. The van der Waals surface area contributed by atoms with Crippen LogP contribution in [0.5, 0.6) is 0 Å². The van der Waals surface area contributed by atoms with Crippen molar-refractivity contribution in [3.05, 3.63) is 30.1 Å². The molecule has 2 aliphatic heterocycles. The fraction of sp³-hybridized carbons (Fsp3) is 0.684. The van der Waals surface area contributed by atoms with Crippen LogP contribution in [0, 0.1) is 11.8 Å². The Kier molecular flexibility index (Phi) is 4.55. The van der Waals surface area contributed by atoms with E-state index in [9.17, 15) is 4.79 Å². The molecule has 3 atom stereocenters. The summed E-state index contributed by atoms with van der Waals surface area (Å²) in [6.45, 7) is 3.72. The van der Waals surface area contributed by atoms with Crippen LogP contribution in [0.25, 0.3) is 0 Å². The fourth-order valence-corrected chi connectivity index (χ4v) is 4.40. The van der Waals surface area contributed by atoms with Crippen molar-refractivity contribution in [3.8, 4) is 0 Å². The maximum Gasteiger partial charge on any atom is 0.223 e. The van der Waals surface area contributed by atoms with Crippen molar-refractivity contribution >= 4 is 5.91 Å². The van der Waals surface area contributed by atoms with Crippen molar-refractivity contribution in [3.63, 3.8) is 0 Å². The number of likely N-dealkylation sites (tertiary alicyclic amines) is 2. The first kappa shape index (κ1) is 16.0. The molecule has 0 bridgehead atoms. The molecule has 130 valence electrons. The van der Waals surface area contributed by atoms with Gasteiger partial charge < -0.3 is 9.64 Å². The minimum atomic E-state index is 0.277. The molecule has 24 heavy (non-hydrogen) atoms. The quantitative estimate of drug-likeness (QED) is 0.828. The number of rotatable bonds is 5. The molecule has 0 spiro atoms. The average molecular weight is 329 g/mol. The predicted molar refractivity (Wildman–Crippen MR) is 91.3 cm³/mol. The summed E-state index contributed by atoms with van der Waals surface area (Å²) < 4.78 is 5.75. The molecular formula is C19H27N3O2. The maximum atomic E-state index is 12.7. The predicted octanol–water partition coefficient (Wildman–Crippen LogP) is 1.93. The number of ether oxygens (including phenoxy) is 1. The number of carbonyl (C=O) groups is 1. The third kappa shape index (κ3) is 3.33. The van der Waals surface area contributed by atoms with E-state index in [4.69, 9.17) is 4.74 Å². The normalized spacial score (nSPS) is 30.4. The van der Waals surface area contributed by atoms with Gasteiger partial charge in [-0.05, 0) is 36.8 Å². The first-order valence-corrected chi connectivity index (χ1v) is 9.18. The zero-order valence-corrected chi connectivity index (χ0v) is 14.4. The van der Waals surface area contributed by atoms with Gasteiger partial charge >= 0.3 is 0 Å². The summed E-state index contributed by atoms with van der Waals surface area (Å²) in [6, 6.07) is 4.42. The zero-order valence-electron chi connectivity index (χ0n) is 14.4. The minimum Gasteiger partial charge on any atom is -0.381 e. The fourth-order valence-electron chi connectivity index (χ4n) is 4.40. The number of carbonyl (C=O) groups excluding carboxylic acids is 1. The Bertz CT molecular complexity index is 575. The van der Waals surface area contributed by atoms with Crippen LogP contribution in [-0.4, -0.2) is 59.6 Å². The molecule has 0 aromatic carbocycles. The second-order valence-electron chi connectivity index (χ2n) is 7.58. The summed E-state index contributed by atoms with van der Waals surface area (Å²) in [4.78, 5) is 21.6. The standard InChI is InChI=1S/C19H27N3O2/c1-24-18-6-8-22(19(23)9-14-4-5-14)17-13-21(12-16(17)18)11-15-3-2-7-20-10-15/h2-3,7,10,14,16-18H,4-6,8-9,11-13H2,1H3/t16-,17+,18-/m1/s1. The zero-order chi connectivity index (χ0) is 16.5. The van der Waals surface area contributed by atoms with E-state index in [1.54, 1.807) is 0 Å². The van der Waals surface area contributed by atoms with E-state index < -0.39 is 0 Å². The number of amides is 1. The Hall–Kier alpha value is -1.46. The van der Waals surface area contributed by atoms with Gasteiger partial charge in [-0.15, -0.1) is 0 Å². The highest BCUT2D eigenvalue weighted by molar-refractivity contribution is 5.77. The van der Waals surface area contributed by atoms with Crippen LogP contribution in [0.1, 0.15) is 31.2 Å². The molecule has 0 unspecified atom stereocenters. The number of nitrogens with zero attached hydrogens (tertiary/aromatic N) is 3. The summed E-state index contributed by atoms with van der Waals surface area (Å²) in [5.74, 6) is 1.46. The Morgan fingerprint density at radius 3 is 2.92 bits per heavy atom. The largest absolute Gasteiger partial charge is 0.381 e. The molecular weight excluding hydrogens is 302 g/mol. The van der Waals surface area contributed by atoms with E-state index in [0.29, 0.717) is 23.8 Å². The number of piperidine rings is 1. The molecule has 3 aliphatic rings. The molecule has 1 aliphatic carbocycles. The monoisotopic (exact) mass is 329 g/mol. The Morgan fingerprint density at radius 2 is 2.21 bits per heavy atom. The topological polar surface area (TPSA) is 45.7 Å². The van der Waals surface area contributed by atoms with Crippen molar-refractivity contribution in [1.29, 1.82) is 0 Å². The Balaban J connectivity index is 1.45. The van der Waals surface area contributed by atoms with Crippen LogP contribution in [0.15, 0.2) is 24.5 Å². The molecule has 0 radical (unpaired) electrons. The van der Waals surface area contributed by atoms with E-state index in [1.807, 2.05) is 25.6 Å². The van der Waals surface area contributed by atoms with Gasteiger partial charge in [0.25, 0.3) is 0 Å². The van der Waals surface area contributed by atoms with Gasteiger partial charge in [0.05, 0.1) is 12.1 Å². The van der Waals surface area contributed by atoms with Crippen molar-refractivity contribution in [2.24, 2.45) is 11.8 Å². The number of hydrogen-bond donors (Lipinski definition) is 0. The molecule has 1 aromatic rings. The molecule has 1 amide bonds. The van der Waals surface area contributed by atoms with Gasteiger partial charge in [-0.25, -0.2) is 0 Å². The number of methoxy groups -OCH3 is 1. The SMILES string of the molecule is CO[C@@H]1CCN(C(=O)CC2CC2)[C@H]2CN(Cc3cccnc3)C[C@@H]12. The summed E-state index contributed by atoms with van der Waals surface area (Å²) in [6.07, 6.45) is 8.22. The van der Waals surface area contributed by atoms with Gasteiger partial charge in [0.15, 0.2) is 0 Å². The molecule has 4 rings (SSSR count). The smallest absolute Gasteiger partial charge is 0.223 e. The molecule has 0 N–H and O–H groups in total. The van der Waals surface area contributed by atoms with E-state index >= 15 is 0 Å². The van der Waals surface area contributed by atoms with Crippen LogP contribution in [0.3, 0.4) is 0 Å². The lowest BCUT2D eigenvalue weighted by atomic mass is 9.88. The number of aromatic nitrogens is 1. The number of fused-ring (bicyclic) bond motifs is 1. The molecule has 3 heterocycles. The number of hydrogen-bond acceptors (Lipinski definition) is 4. The van der Waals surface area contributed by atoms with Crippen molar-refractivity contribution in [1.82, 2.24) is 14.8 Å². The molecule has 3 fully saturated rings. The Morgan fingerprint density at radius 1 is 1.33 bits per heavy atom. The number of pyridine rings is 1. The van der Waals surface area contributed by atoms with E-state index in [2.05, 4.69) is 20.9 Å². The highest BCUT2D eigenvalue weighted by atomic mass is 16.5. The highest BCUT2D eigenvalue weighted by Crippen LogP contribution is 2.37.